The number of ether oxygens (including phenoxy) is 2. The summed E-state index contributed by atoms with van der Waals surface area (Å²) >= 11 is 0. The number of sulfonamides is 2. The number of hydrogen-bond donors (Lipinski definition) is 5. The third kappa shape index (κ3) is 7.73. The maximum atomic E-state index is 13.3. The fraction of sp³-hybridized carbons (Fsp3) is 0.0938. The molecule has 0 radical (unpaired) electrons. The molecule has 19 heteroatoms. The molecule has 262 valence electrons. The molecule has 17 nitrogen and oxygen atoms in total. The Labute approximate surface area is 293 Å². The van der Waals surface area contributed by atoms with Gasteiger partial charge in [-0.15, -0.1) is 5.10 Å². The number of nitrogens with zero attached hydrogens (tertiary/aromatic N) is 6. The molecule has 0 atom stereocenters. The highest BCUT2D eigenvalue weighted by molar-refractivity contribution is 7.93. The Morgan fingerprint density at radius 1 is 0.647 bits per heavy atom. The van der Waals surface area contributed by atoms with Crippen LogP contribution in [0.15, 0.2) is 113 Å². The summed E-state index contributed by atoms with van der Waals surface area (Å²) in [4.78, 5) is 15.7. The van der Waals surface area contributed by atoms with Crippen LogP contribution in [0.5, 0.6) is 11.6 Å². The second-order valence-corrected chi connectivity index (χ2v) is 13.9. The lowest BCUT2D eigenvalue weighted by Crippen LogP contribution is -2.15. The normalized spacial score (nSPS) is 11.4. The van der Waals surface area contributed by atoms with E-state index in [9.17, 15) is 16.8 Å². The number of aromatic nitrogens is 6. The topological polar surface area (TPSA) is 216 Å². The second kappa shape index (κ2) is 14.6. The van der Waals surface area contributed by atoms with E-state index >= 15 is 0 Å². The van der Waals surface area contributed by atoms with Crippen LogP contribution in [-0.2, 0) is 20.0 Å². The van der Waals surface area contributed by atoms with Gasteiger partial charge in [0.2, 0.25) is 11.7 Å². The van der Waals surface area contributed by atoms with Crippen LogP contribution in [0.2, 0.25) is 0 Å². The average Bonchev–Trinajstić information content (AvgIpc) is 3.45. The van der Waals surface area contributed by atoms with Crippen molar-refractivity contribution in [2.75, 3.05) is 39.8 Å². The minimum Gasteiger partial charge on any atom is -0.489 e. The van der Waals surface area contributed by atoms with Crippen molar-refractivity contribution < 1.29 is 26.3 Å². The molecule has 0 saturated carbocycles. The summed E-state index contributed by atoms with van der Waals surface area (Å²) in [6.45, 7) is 1.83. The van der Waals surface area contributed by atoms with E-state index < -0.39 is 20.0 Å². The first-order valence-corrected chi connectivity index (χ1v) is 17.9. The van der Waals surface area contributed by atoms with Gasteiger partial charge in [-0.25, -0.2) is 41.2 Å². The van der Waals surface area contributed by atoms with E-state index in [-0.39, 0.29) is 33.2 Å². The van der Waals surface area contributed by atoms with Crippen molar-refractivity contribution in [3.8, 4) is 17.3 Å². The molecule has 0 aliphatic carbocycles. The zero-order valence-electron chi connectivity index (χ0n) is 27.3. The van der Waals surface area contributed by atoms with Crippen molar-refractivity contribution in [1.29, 1.82) is 0 Å². The monoisotopic (exact) mass is 729 g/mol. The Bertz CT molecular complexity index is 2340. The highest BCUT2D eigenvalue weighted by Gasteiger charge is 2.22. The summed E-state index contributed by atoms with van der Waals surface area (Å²) < 4.78 is 68.9. The molecule has 0 unspecified atom stereocenters. The zero-order valence-corrected chi connectivity index (χ0v) is 28.9. The number of benzene rings is 3. The first-order chi connectivity index (χ1) is 24.6. The first kappa shape index (κ1) is 34.4. The number of anilines is 6. The van der Waals surface area contributed by atoms with Crippen LogP contribution >= 0.6 is 0 Å². The molecular formula is C32H31N11O6S2. The molecule has 0 aliphatic rings. The van der Waals surface area contributed by atoms with Gasteiger partial charge in [0, 0.05) is 18.1 Å². The minimum atomic E-state index is -4.08. The molecule has 5 N–H and O–H groups in total. The lowest BCUT2D eigenvalue weighted by Gasteiger charge is -2.13. The van der Waals surface area contributed by atoms with Crippen LogP contribution in [0.3, 0.4) is 0 Å². The Morgan fingerprint density at radius 3 is 1.94 bits per heavy atom. The number of rotatable bonds is 14. The number of para-hydroxylation sites is 1. The molecule has 6 rings (SSSR count). The van der Waals surface area contributed by atoms with Crippen LogP contribution in [0.1, 0.15) is 5.69 Å². The van der Waals surface area contributed by atoms with Crippen LogP contribution in [-0.4, -0.2) is 60.8 Å². The lowest BCUT2D eigenvalue weighted by molar-refractivity contribution is 0.342. The molecule has 0 amide bonds. The molecule has 0 saturated heterocycles. The smallest absolute Gasteiger partial charge is 0.264 e. The van der Waals surface area contributed by atoms with Gasteiger partial charge in [-0.05, 0) is 73.7 Å². The van der Waals surface area contributed by atoms with Crippen molar-refractivity contribution in [2.45, 2.75) is 16.7 Å². The Hall–Kier alpha value is -6.47. The largest absolute Gasteiger partial charge is 0.489 e. The van der Waals surface area contributed by atoms with E-state index in [1.807, 2.05) is 37.3 Å². The summed E-state index contributed by atoms with van der Waals surface area (Å²) in [6.07, 6.45) is 4.03. The third-order valence-electron chi connectivity index (χ3n) is 7.23. The number of nitrogens with one attached hydrogen (secondary N) is 5. The molecule has 0 fully saturated rings. The molecular weight excluding hydrogens is 699 g/mol. The molecule has 0 spiro atoms. The van der Waals surface area contributed by atoms with Crippen LogP contribution in [0, 0.1) is 6.92 Å². The molecule has 3 heterocycles. The van der Waals surface area contributed by atoms with Gasteiger partial charge in [-0.3, -0.25) is 10.1 Å². The quantitative estimate of drug-likeness (QED) is 0.0972. The van der Waals surface area contributed by atoms with Crippen molar-refractivity contribution in [3.63, 3.8) is 0 Å². The van der Waals surface area contributed by atoms with E-state index in [0.717, 1.165) is 12.0 Å². The van der Waals surface area contributed by atoms with Crippen LogP contribution < -0.4 is 35.1 Å². The lowest BCUT2D eigenvalue weighted by atomic mass is 10.3. The second-order valence-electron chi connectivity index (χ2n) is 10.5. The molecule has 0 bridgehead atoms. The van der Waals surface area contributed by atoms with Gasteiger partial charge < -0.3 is 20.2 Å². The highest BCUT2D eigenvalue weighted by Crippen LogP contribution is 2.33. The van der Waals surface area contributed by atoms with Gasteiger partial charge in [0.1, 0.15) is 12.0 Å². The Kier molecular flexibility index (Phi) is 9.82. The van der Waals surface area contributed by atoms with Gasteiger partial charge >= 0.3 is 0 Å². The standard InChI is InChI=1S/C32H31N11O6S2/c1-21-27(39-38-23-10-14-25(15-11-23)51(46,47)42-32-33-18-7-19-34-32)29(37-22-8-5-4-6-9-22)40-43(21)24-12-16-26(17-13-24)50(44,45)41-30-28(48-2)31(49-3)36-20-35-30/h4-20,38-39H,1-3H3,(H,37,40)(H,33,34,42)(H,35,36,41). The van der Waals surface area contributed by atoms with Gasteiger partial charge in [0.25, 0.3) is 25.9 Å². The van der Waals surface area contributed by atoms with Gasteiger partial charge in [0.15, 0.2) is 11.6 Å². The summed E-state index contributed by atoms with van der Waals surface area (Å²) in [6, 6.07) is 23.2. The molecule has 3 aromatic carbocycles. The number of hydrazine groups is 1. The first-order valence-electron chi connectivity index (χ1n) is 15.0. The van der Waals surface area contributed by atoms with Crippen LogP contribution in [0.25, 0.3) is 5.69 Å². The van der Waals surface area contributed by atoms with Gasteiger partial charge in [-0.1, -0.05) is 18.2 Å². The summed E-state index contributed by atoms with van der Waals surface area (Å²) in [5.74, 6) is 0.455. The van der Waals surface area contributed by atoms with Crippen molar-refractivity contribution in [1.82, 2.24) is 29.7 Å². The van der Waals surface area contributed by atoms with E-state index in [4.69, 9.17) is 14.6 Å². The van der Waals surface area contributed by atoms with Gasteiger partial charge in [-0.2, -0.15) is 4.98 Å². The summed E-state index contributed by atoms with van der Waals surface area (Å²) in [7, 11) is -5.26. The average molecular weight is 730 g/mol. The number of hydrogen-bond acceptors (Lipinski definition) is 14. The fourth-order valence-electron chi connectivity index (χ4n) is 4.74. The van der Waals surface area contributed by atoms with Crippen molar-refractivity contribution >= 4 is 54.7 Å². The molecule has 6 aromatic rings. The maximum Gasteiger partial charge on any atom is 0.264 e. The van der Waals surface area contributed by atoms with Gasteiger partial charge in [0.05, 0.1) is 41.1 Å². The molecule has 0 aliphatic heterocycles. The zero-order chi connectivity index (χ0) is 36.0. The SMILES string of the molecule is COc1ncnc(NS(=O)(=O)c2ccc(-n3nc(Nc4ccccc4)c(NNc4ccc(S(=O)(=O)Nc5ncccn5)cc4)c3C)cc2)c1OC. The fourth-order valence-corrected chi connectivity index (χ4v) is 6.71. The summed E-state index contributed by atoms with van der Waals surface area (Å²) in [5, 5.41) is 8.07. The van der Waals surface area contributed by atoms with Crippen molar-refractivity contribution in [2.24, 2.45) is 0 Å². The maximum absolute atomic E-state index is 13.3. The van der Waals surface area contributed by atoms with E-state index in [1.54, 1.807) is 35.0 Å². The minimum absolute atomic E-state index is 0.0208. The summed E-state index contributed by atoms with van der Waals surface area (Å²) in [5.41, 5.74) is 9.40. The highest BCUT2D eigenvalue weighted by atomic mass is 32.2. The van der Waals surface area contributed by atoms with E-state index in [0.29, 0.717) is 28.6 Å². The predicted molar refractivity (Wildman–Crippen MR) is 190 cm³/mol. The van der Waals surface area contributed by atoms with E-state index in [1.165, 1.54) is 50.9 Å². The number of methoxy groups -OCH3 is 2. The van der Waals surface area contributed by atoms with E-state index in [2.05, 4.69) is 45.5 Å². The Balaban J connectivity index is 1.23. The molecule has 51 heavy (non-hydrogen) atoms. The third-order valence-corrected chi connectivity index (χ3v) is 9.93. The Morgan fingerprint density at radius 2 is 1.29 bits per heavy atom. The molecule has 3 aromatic heterocycles. The predicted octanol–water partition coefficient (Wildman–Crippen LogP) is 4.56. The van der Waals surface area contributed by atoms with Crippen LogP contribution in [0.4, 0.5) is 34.6 Å². The van der Waals surface area contributed by atoms with Crippen molar-refractivity contribution in [3.05, 3.63) is 109 Å².